The number of ether oxygens (including phenoxy) is 1. The lowest BCUT2D eigenvalue weighted by molar-refractivity contribution is -0.166. The summed E-state index contributed by atoms with van der Waals surface area (Å²) in [4.78, 5) is 16.8. The van der Waals surface area contributed by atoms with E-state index in [0.29, 0.717) is 24.5 Å². The Labute approximate surface area is 141 Å². The summed E-state index contributed by atoms with van der Waals surface area (Å²) in [5.74, 6) is 0.499. The number of anilines is 1. The number of carbonyl (C=O) groups excluding carboxylic acids is 1. The third kappa shape index (κ3) is 2.59. The maximum atomic E-state index is 12.7. The van der Waals surface area contributed by atoms with Crippen molar-refractivity contribution < 1.29 is 9.53 Å². The van der Waals surface area contributed by atoms with Crippen LogP contribution < -0.4 is 11.1 Å². The van der Waals surface area contributed by atoms with Crippen LogP contribution in [0.15, 0.2) is 30.6 Å². The van der Waals surface area contributed by atoms with E-state index < -0.39 is 11.0 Å². The molecule has 24 heavy (non-hydrogen) atoms. The third-order valence-electron chi connectivity index (χ3n) is 5.07. The molecule has 1 fully saturated rings. The molecule has 1 saturated carbocycles. The van der Waals surface area contributed by atoms with Crippen molar-refractivity contribution in [2.24, 2.45) is 11.1 Å². The van der Waals surface area contributed by atoms with Crippen LogP contribution in [0, 0.1) is 5.41 Å². The van der Waals surface area contributed by atoms with Crippen LogP contribution in [-0.2, 0) is 9.53 Å². The Hall–Kier alpha value is -2.25. The molecule has 1 aliphatic carbocycles. The molecule has 1 amide bonds. The second-order valence-corrected chi connectivity index (χ2v) is 6.71. The molecule has 2 aromatic rings. The lowest BCUT2D eigenvalue weighted by Gasteiger charge is -2.57. The summed E-state index contributed by atoms with van der Waals surface area (Å²) < 4.78 is 5.67. The van der Waals surface area contributed by atoms with Gasteiger partial charge in [0.25, 0.3) is 0 Å². The van der Waals surface area contributed by atoms with Gasteiger partial charge in [-0.2, -0.15) is 5.10 Å². The fourth-order valence-electron chi connectivity index (χ4n) is 3.12. The van der Waals surface area contributed by atoms with E-state index in [4.69, 9.17) is 10.5 Å². The molecule has 0 bridgehead atoms. The molecule has 3 rings (SSSR count). The van der Waals surface area contributed by atoms with Gasteiger partial charge in [0, 0.05) is 29.7 Å². The van der Waals surface area contributed by atoms with Crippen molar-refractivity contribution in [2.45, 2.75) is 38.8 Å². The molecule has 0 aliphatic heterocycles. The highest BCUT2D eigenvalue weighted by molar-refractivity contribution is 5.99. The van der Waals surface area contributed by atoms with E-state index >= 15 is 0 Å². The minimum atomic E-state index is -0.934. The number of aromatic nitrogens is 3. The van der Waals surface area contributed by atoms with Crippen LogP contribution in [0.5, 0.6) is 0 Å². The van der Waals surface area contributed by atoms with Gasteiger partial charge in [0.05, 0.1) is 6.10 Å². The number of H-pyrrole nitrogens is 1. The summed E-state index contributed by atoms with van der Waals surface area (Å²) in [6, 6.07) is 7.39. The number of aromatic amines is 1. The molecule has 128 valence electrons. The molecule has 1 aliphatic rings. The zero-order valence-electron chi connectivity index (χ0n) is 14.2. The van der Waals surface area contributed by atoms with Crippen molar-refractivity contribution in [3.05, 3.63) is 30.6 Å². The van der Waals surface area contributed by atoms with Crippen molar-refractivity contribution >= 4 is 11.6 Å². The van der Waals surface area contributed by atoms with Crippen molar-refractivity contribution in [2.75, 3.05) is 11.9 Å². The van der Waals surface area contributed by atoms with E-state index in [1.165, 1.54) is 6.33 Å². The molecule has 1 aromatic carbocycles. The highest BCUT2D eigenvalue weighted by atomic mass is 16.5. The van der Waals surface area contributed by atoms with E-state index in [-0.39, 0.29) is 12.0 Å². The summed E-state index contributed by atoms with van der Waals surface area (Å²) in [5, 5.41) is 9.54. The Balaban J connectivity index is 1.69. The second kappa shape index (κ2) is 5.99. The number of nitrogens with one attached hydrogen (secondary N) is 2. The van der Waals surface area contributed by atoms with Crippen LogP contribution in [0.3, 0.4) is 0 Å². The van der Waals surface area contributed by atoms with Crippen molar-refractivity contribution in [1.29, 1.82) is 0 Å². The maximum absolute atomic E-state index is 12.7. The van der Waals surface area contributed by atoms with Crippen LogP contribution in [-0.4, -0.2) is 39.3 Å². The lowest BCUT2D eigenvalue weighted by atomic mass is 9.54. The first-order chi connectivity index (χ1) is 11.4. The zero-order valence-corrected chi connectivity index (χ0v) is 14.2. The summed E-state index contributed by atoms with van der Waals surface area (Å²) in [6.07, 6.45) is 1.99. The van der Waals surface area contributed by atoms with Gasteiger partial charge in [0.1, 0.15) is 11.9 Å². The van der Waals surface area contributed by atoms with E-state index in [0.717, 1.165) is 5.56 Å². The summed E-state index contributed by atoms with van der Waals surface area (Å²) in [5.41, 5.74) is 6.64. The van der Waals surface area contributed by atoms with Gasteiger partial charge in [-0.3, -0.25) is 9.89 Å². The fraction of sp³-hybridized carbons (Fsp3) is 0.471. The van der Waals surface area contributed by atoms with Crippen LogP contribution in [0.2, 0.25) is 0 Å². The number of carbonyl (C=O) groups is 1. The van der Waals surface area contributed by atoms with Gasteiger partial charge in [-0.1, -0.05) is 13.8 Å². The standard InChI is InChI=1S/C17H23N5O2/c1-4-24-13-9-17(18,16(13,2)3)15(23)21-12-7-5-11(6-8-12)14-19-10-20-22-14/h5-8,10,13H,4,9,18H2,1-3H3,(H,21,23)(H,19,20,22). The molecule has 0 saturated heterocycles. The van der Waals surface area contributed by atoms with Gasteiger partial charge in [0.15, 0.2) is 5.82 Å². The summed E-state index contributed by atoms with van der Waals surface area (Å²) in [7, 11) is 0. The lowest BCUT2D eigenvalue weighted by Crippen LogP contribution is -2.74. The minimum absolute atomic E-state index is 0.00655. The maximum Gasteiger partial charge on any atom is 0.245 e. The van der Waals surface area contributed by atoms with Gasteiger partial charge in [-0.15, -0.1) is 0 Å². The number of amides is 1. The molecular weight excluding hydrogens is 306 g/mol. The van der Waals surface area contributed by atoms with Gasteiger partial charge in [-0.25, -0.2) is 4.98 Å². The van der Waals surface area contributed by atoms with Crippen LogP contribution in [0.25, 0.3) is 11.4 Å². The predicted molar refractivity (Wildman–Crippen MR) is 91.2 cm³/mol. The molecule has 0 radical (unpaired) electrons. The van der Waals surface area contributed by atoms with E-state index in [9.17, 15) is 4.79 Å². The Morgan fingerprint density at radius 3 is 2.67 bits per heavy atom. The highest BCUT2D eigenvalue weighted by Gasteiger charge is 2.62. The Kier molecular flexibility index (Phi) is 4.15. The van der Waals surface area contributed by atoms with Crippen LogP contribution >= 0.6 is 0 Å². The molecule has 7 heteroatoms. The molecular formula is C17H23N5O2. The first-order valence-corrected chi connectivity index (χ1v) is 8.06. The van der Waals surface area contributed by atoms with Gasteiger partial charge in [0.2, 0.25) is 5.91 Å². The molecule has 4 N–H and O–H groups in total. The van der Waals surface area contributed by atoms with E-state index in [2.05, 4.69) is 20.5 Å². The SMILES string of the molecule is CCOC1CC(N)(C(=O)Nc2ccc(-c3ncn[nH]3)cc2)C1(C)C. The number of rotatable bonds is 5. The molecule has 1 heterocycles. The summed E-state index contributed by atoms with van der Waals surface area (Å²) >= 11 is 0. The minimum Gasteiger partial charge on any atom is -0.378 e. The Bertz CT molecular complexity index is 711. The quantitative estimate of drug-likeness (QED) is 0.777. The van der Waals surface area contributed by atoms with Gasteiger partial charge >= 0.3 is 0 Å². The smallest absolute Gasteiger partial charge is 0.245 e. The second-order valence-electron chi connectivity index (χ2n) is 6.71. The van der Waals surface area contributed by atoms with E-state index in [1.807, 2.05) is 45.0 Å². The number of nitrogens with two attached hydrogens (primary N) is 1. The monoisotopic (exact) mass is 329 g/mol. The molecule has 1 aromatic heterocycles. The third-order valence-corrected chi connectivity index (χ3v) is 5.07. The van der Waals surface area contributed by atoms with Crippen molar-refractivity contribution in [3.63, 3.8) is 0 Å². The van der Waals surface area contributed by atoms with E-state index in [1.54, 1.807) is 0 Å². The normalized spacial score (nSPS) is 25.1. The first-order valence-electron chi connectivity index (χ1n) is 8.06. The van der Waals surface area contributed by atoms with Crippen LogP contribution in [0.4, 0.5) is 5.69 Å². The molecule has 2 unspecified atom stereocenters. The Morgan fingerprint density at radius 1 is 1.42 bits per heavy atom. The van der Waals surface area contributed by atoms with Gasteiger partial charge < -0.3 is 15.8 Å². The molecule has 2 atom stereocenters. The zero-order chi connectivity index (χ0) is 17.4. The average Bonchev–Trinajstić information content (AvgIpc) is 3.09. The predicted octanol–water partition coefficient (Wildman–Crippen LogP) is 1.94. The largest absolute Gasteiger partial charge is 0.378 e. The van der Waals surface area contributed by atoms with Crippen LogP contribution in [0.1, 0.15) is 27.2 Å². The number of benzene rings is 1. The highest BCUT2D eigenvalue weighted by Crippen LogP contribution is 2.50. The molecule has 7 nitrogen and oxygen atoms in total. The number of hydrogen-bond acceptors (Lipinski definition) is 5. The number of hydrogen-bond donors (Lipinski definition) is 3. The first kappa shape index (κ1) is 16.6. The number of nitrogens with zero attached hydrogens (tertiary/aromatic N) is 2. The molecule has 0 spiro atoms. The van der Waals surface area contributed by atoms with Crippen molar-refractivity contribution in [3.8, 4) is 11.4 Å². The van der Waals surface area contributed by atoms with Crippen molar-refractivity contribution in [1.82, 2.24) is 15.2 Å². The van der Waals surface area contributed by atoms with Gasteiger partial charge in [-0.05, 0) is 31.2 Å². The fourth-order valence-corrected chi connectivity index (χ4v) is 3.12. The average molecular weight is 329 g/mol. The summed E-state index contributed by atoms with van der Waals surface area (Å²) in [6.45, 7) is 6.52. The Morgan fingerprint density at radius 2 is 2.12 bits per heavy atom. The topological polar surface area (TPSA) is 106 Å².